The highest BCUT2D eigenvalue weighted by molar-refractivity contribution is 9.10. The van der Waals surface area contributed by atoms with Crippen LogP contribution in [0.15, 0.2) is 58.2 Å². The Bertz CT molecular complexity index is 717. The first-order chi connectivity index (χ1) is 10.1. The first-order valence-electron chi connectivity index (χ1n) is 6.76. The van der Waals surface area contributed by atoms with Crippen molar-refractivity contribution in [2.75, 3.05) is 6.54 Å². The van der Waals surface area contributed by atoms with Crippen LogP contribution in [0.2, 0.25) is 0 Å². The fraction of sp³-hybridized carbons (Fsp3) is 0.267. The van der Waals surface area contributed by atoms with Crippen molar-refractivity contribution in [2.45, 2.75) is 23.8 Å². The molecule has 1 fully saturated rings. The summed E-state index contributed by atoms with van der Waals surface area (Å²) in [6, 6.07) is 10.5. The predicted molar refractivity (Wildman–Crippen MR) is 84.2 cm³/mol. The Hall–Kier alpha value is -1.24. The predicted octanol–water partition coefficient (Wildman–Crippen LogP) is 3.37. The summed E-state index contributed by atoms with van der Waals surface area (Å²) < 4.78 is 28.1. The van der Waals surface area contributed by atoms with Crippen LogP contribution >= 0.6 is 15.9 Å². The average Bonchev–Trinajstić information content (AvgIpc) is 2.99. The molecule has 21 heavy (non-hydrogen) atoms. The van der Waals surface area contributed by atoms with Gasteiger partial charge in [0.1, 0.15) is 0 Å². The van der Waals surface area contributed by atoms with Gasteiger partial charge in [0.25, 0.3) is 0 Å². The summed E-state index contributed by atoms with van der Waals surface area (Å²) in [5, 5.41) is 0. The molecule has 0 bridgehead atoms. The molecular formula is C15H15BrN2O2S. The van der Waals surface area contributed by atoms with Crippen molar-refractivity contribution in [3.63, 3.8) is 0 Å². The normalized spacial score (nSPS) is 19.8. The second-order valence-corrected chi connectivity index (χ2v) is 7.81. The van der Waals surface area contributed by atoms with Crippen LogP contribution in [0.25, 0.3) is 0 Å². The zero-order chi connectivity index (χ0) is 14.9. The minimum atomic E-state index is -3.46. The van der Waals surface area contributed by atoms with Crippen molar-refractivity contribution in [1.29, 1.82) is 0 Å². The van der Waals surface area contributed by atoms with Gasteiger partial charge < -0.3 is 0 Å². The number of benzene rings is 1. The van der Waals surface area contributed by atoms with Crippen LogP contribution < -0.4 is 0 Å². The summed E-state index contributed by atoms with van der Waals surface area (Å²) in [5.41, 5.74) is 1.00. The Morgan fingerprint density at radius 3 is 2.43 bits per heavy atom. The SMILES string of the molecule is O=S(=O)(c1ccc(Br)cc1)N1CCC[C@@H]1c1ccncc1. The zero-order valence-electron chi connectivity index (χ0n) is 11.3. The van der Waals surface area contributed by atoms with Crippen LogP contribution in [0.5, 0.6) is 0 Å². The number of aromatic nitrogens is 1. The van der Waals surface area contributed by atoms with E-state index in [1.807, 2.05) is 12.1 Å². The molecular weight excluding hydrogens is 352 g/mol. The summed E-state index contributed by atoms with van der Waals surface area (Å²) >= 11 is 3.33. The van der Waals surface area contributed by atoms with Crippen molar-refractivity contribution in [2.24, 2.45) is 0 Å². The van der Waals surface area contributed by atoms with Gasteiger partial charge in [0.15, 0.2) is 0 Å². The molecule has 1 aromatic carbocycles. The minimum absolute atomic E-state index is 0.0957. The standard InChI is InChI=1S/C15H15BrN2O2S/c16-13-3-5-14(6-4-13)21(19,20)18-11-1-2-15(18)12-7-9-17-10-8-12/h3-10,15H,1-2,11H2/t15-/m1/s1. The smallest absolute Gasteiger partial charge is 0.243 e. The third kappa shape index (κ3) is 2.88. The van der Waals surface area contributed by atoms with Crippen LogP contribution in [0.1, 0.15) is 24.4 Å². The number of sulfonamides is 1. The molecule has 1 aliphatic rings. The molecule has 2 heterocycles. The van der Waals surface area contributed by atoms with Gasteiger partial charge in [-0.2, -0.15) is 4.31 Å². The number of halogens is 1. The monoisotopic (exact) mass is 366 g/mol. The lowest BCUT2D eigenvalue weighted by atomic mass is 10.1. The lowest BCUT2D eigenvalue weighted by molar-refractivity contribution is 0.396. The maximum absolute atomic E-state index is 12.8. The molecule has 6 heteroatoms. The van der Waals surface area contributed by atoms with E-state index in [4.69, 9.17) is 0 Å². The van der Waals surface area contributed by atoms with Gasteiger partial charge >= 0.3 is 0 Å². The average molecular weight is 367 g/mol. The van der Waals surface area contributed by atoms with Crippen molar-refractivity contribution < 1.29 is 8.42 Å². The summed E-state index contributed by atoms with van der Waals surface area (Å²) in [6.45, 7) is 0.561. The van der Waals surface area contributed by atoms with Crippen LogP contribution in [-0.2, 0) is 10.0 Å². The highest BCUT2D eigenvalue weighted by Gasteiger charge is 2.35. The molecule has 1 atom stereocenters. The van der Waals surface area contributed by atoms with Crippen LogP contribution in [0.4, 0.5) is 0 Å². The topological polar surface area (TPSA) is 50.3 Å². The Balaban J connectivity index is 1.96. The largest absolute Gasteiger partial charge is 0.265 e. The summed E-state index contributed by atoms with van der Waals surface area (Å²) in [5.74, 6) is 0. The molecule has 0 amide bonds. The van der Waals surface area contributed by atoms with Crippen molar-refractivity contribution in [1.82, 2.24) is 9.29 Å². The number of hydrogen-bond acceptors (Lipinski definition) is 3. The van der Waals surface area contributed by atoms with Gasteiger partial charge in [0.2, 0.25) is 10.0 Å². The van der Waals surface area contributed by atoms with Crippen molar-refractivity contribution in [3.05, 3.63) is 58.8 Å². The molecule has 3 rings (SSSR count). The second kappa shape index (κ2) is 5.87. The Labute approximate surface area is 133 Å². The van der Waals surface area contributed by atoms with E-state index >= 15 is 0 Å². The van der Waals surface area contributed by atoms with E-state index in [0.717, 1.165) is 22.9 Å². The number of rotatable bonds is 3. The minimum Gasteiger partial charge on any atom is -0.265 e. The summed E-state index contributed by atoms with van der Waals surface area (Å²) in [7, 11) is -3.46. The molecule has 2 aromatic rings. The highest BCUT2D eigenvalue weighted by atomic mass is 79.9. The highest BCUT2D eigenvalue weighted by Crippen LogP contribution is 2.36. The Morgan fingerprint density at radius 1 is 1.10 bits per heavy atom. The van der Waals surface area contributed by atoms with Crippen molar-refractivity contribution >= 4 is 26.0 Å². The maximum atomic E-state index is 12.8. The molecule has 0 N–H and O–H groups in total. The zero-order valence-corrected chi connectivity index (χ0v) is 13.7. The molecule has 0 saturated carbocycles. The van der Waals surface area contributed by atoms with Gasteiger partial charge in [-0.1, -0.05) is 15.9 Å². The van der Waals surface area contributed by atoms with E-state index < -0.39 is 10.0 Å². The van der Waals surface area contributed by atoms with Crippen molar-refractivity contribution in [3.8, 4) is 0 Å². The van der Waals surface area contributed by atoms with E-state index in [2.05, 4.69) is 20.9 Å². The lowest BCUT2D eigenvalue weighted by Crippen LogP contribution is -2.30. The summed E-state index contributed by atoms with van der Waals surface area (Å²) in [6.07, 6.45) is 5.14. The Kier molecular flexibility index (Phi) is 4.10. The van der Waals surface area contributed by atoms with E-state index in [0.29, 0.717) is 11.4 Å². The molecule has 1 saturated heterocycles. The van der Waals surface area contributed by atoms with E-state index in [-0.39, 0.29) is 6.04 Å². The van der Waals surface area contributed by atoms with E-state index in [1.165, 1.54) is 0 Å². The molecule has 0 aliphatic carbocycles. The maximum Gasteiger partial charge on any atom is 0.243 e. The molecule has 4 nitrogen and oxygen atoms in total. The van der Waals surface area contributed by atoms with Gasteiger partial charge in [-0.25, -0.2) is 8.42 Å². The quantitative estimate of drug-likeness (QED) is 0.836. The molecule has 0 unspecified atom stereocenters. The van der Waals surface area contributed by atoms with Gasteiger partial charge in [0.05, 0.1) is 10.9 Å². The van der Waals surface area contributed by atoms with Crippen LogP contribution in [0.3, 0.4) is 0 Å². The van der Waals surface area contributed by atoms with Gasteiger partial charge in [-0.05, 0) is 54.8 Å². The molecule has 0 radical (unpaired) electrons. The summed E-state index contributed by atoms with van der Waals surface area (Å²) in [4.78, 5) is 4.34. The van der Waals surface area contributed by atoms with Gasteiger partial charge in [-0.3, -0.25) is 4.98 Å². The van der Waals surface area contributed by atoms with E-state index in [1.54, 1.807) is 41.0 Å². The van der Waals surface area contributed by atoms with Crippen LogP contribution in [-0.4, -0.2) is 24.3 Å². The molecule has 110 valence electrons. The first kappa shape index (κ1) is 14.7. The molecule has 1 aromatic heterocycles. The molecule has 1 aliphatic heterocycles. The van der Waals surface area contributed by atoms with Gasteiger partial charge in [0, 0.05) is 23.4 Å². The fourth-order valence-corrected chi connectivity index (χ4v) is 4.64. The molecule has 0 spiro atoms. The lowest BCUT2D eigenvalue weighted by Gasteiger charge is -2.24. The van der Waals surface area contributed by atoms with E-state index in [9.17, 15) is 8.42 Å². The number of hydrogen-bond donors (Lipinski definition) is 0. The Morgan fingerprint density at radius 2 is 1.76 bits per heavy atom. The second-order valence-electron chi connectivity index (χ2n) is 5.01. The van der Waals surface area contributed by atoms with Gasteiger partial charge in [-0.15, -0.1) is 0 Å². The third-order valence-corrected chi connectivity index (χ3v) is 6.17. The number of pyridine rings is 1. The van der Waals surface area contributed by atoms with Crippen LogP contribution in [0, 0.1) is 0 Å². The number of nitrogens with zero attached hydrogens (tertiary/aromatic N) is 2. The third-order valence-electron chi connectivity index (χ3n) is 3.71. The first-order valence-corrected chi connectivity index (χ1v) is 9.00. The fourth-order valence-electron chi connectivity index (χ4n) is 2.69.